The second-order valence-corrected chi connectivity index (χ2v) is 5.23. The number of hydrogen-bond donors (Lipinski definition) is 1. The third kappa shape index (κ3) is 3.68. The van der Waals surface area contributed by atoms with Crippen molar-refractivity contribution in [2.24, 2.45) is 0 Å². The van der Waals surface area contributed by atoms with E-state index in [1.807, 2.05) is 18.6 Å². The Morgan fingerprint density at radius 3 is 3.00 bits per heavy atom. The normalized spacial score (nSPS) is 10.8. The number of hydrogen-bond acceptors (Lipinski definition) is 2. The molecule has 1 aromatic heterocycles. The molecule has 96 valence electrons. The Labute approximate surface area is 116 Å². The first-order chi connectivity index (χ1) is 8.79. The molecule has 18 heavy (non-hydrogen) atoms. The van der Waals surface area contributed by atoms with Gasteiger partial charge in [-0.1, -0.05) is 35.0 Å². The molecule has 0 bridgehead atoms. The van der Waals surface area contributed by atoms with Gasteiger partial charge in [0, 0.05) is 30.3 Å². The topological polar surface area (TPSA) is 29.9 Å². The summed E-state index contributed by atoms with van der Waals surface area (Å²) in [6.07, 6.45) is 4.97. The lowest BCUT2D eigenvalue weighted by molar-refractivity contribution is 0.601. The maximum atomic E-state index is 4.20. The molecule has 0 aliphatic heterocycles. The van der Waals surface area contributed by atoms with E-state index in [4.69, 9.17) is 0 Å². The number of benzene rings is 1. The van der Waals surface area contributed by atoms with Gasteiger partial charge in [-0.05, 0) is 24.1 Å². The molecule has 1 N–H and O–H groups in total. The molecule has 3 nitrogen and oxygen atoms in total. The molecule has 0 atom stereocenters. The number of aromatic nitrogens is 2. The van der Waals surface area contributed by atoms with E-state index in [-0.39, 0.29) is 0 Å². The van der Waals surface area contributed by atoms with Gasteiger partial charge in [-0.15, -0.1) is 0 Å². The van der Waals surface area contributed by atoms with Gasteiger partial charge in [0.05, 0.1) is 12.0 Å². The van der Waals surface area contributed by atoms with Gasteiger partial charge in [0.25, 0.3) is 0 Å². The van der Waals surface area contributed by atoms with Gasteiger partial charge in [0.2, 0.25) is 0 Å². The Morgan fingerprint density at radius 1 is 1.33 bits per heavy atom. The van der Waals surface area contributed by atoms with Crippen LogP contribution in [0, 0.1) is 0 Å². The molecule has 0 saturated carbocycles. The largest absolute Gasteiger partial charge is 0.333 e. The Kier molecular flexibility index (Phi) is 4.96. The highest BCUT2D eigenvalue weighted by Crippen LogP contribution is 2.11. The SMILES string of the molecule is CCCn1cncc1CNCc1cccc(Br)c1. The summed E-state index contributed by atoms with van der Waals surface area (Å²) in [5, 5.41) is 3.45. The summed E-state index contributed by atoms with van der Waals surface area (Å²) >= 11 is 3.48. The van der Waals surface area contributed by atoms with Crippen LogP contribution in [0.25, 0.3) is 0 Å². The van der Waals surface area contributed by atoms with Crippen LogP contribution in [0.1, 0.15) is 24.6 Å². The highest BCUT2D eigenvalue weighted by Gasteiger charge is 2.01. The molecule has 0 fully saturated rings. The molecule has 1 aromatic carbocycles. The molecular formula is C14H18BrN3. The molecule has 0 radical (unpaired) electrons. The van der Waals surface area contributed by atoms with Crippen LogP contribution in [-0.2, 0) is 19.6 Å². The van der Waals surface area contributed by atoms with Gasteiger partial charge in [0.15, 0.2) is 0 Å². The second-order valence-electron chi connectivity index (χ2n) is 4.31. The standard InChI is InChI=1S/C14H18BrN3/c1-2-6-18-11-17-10-14(18)9-16-8-12-4-3-5-13(15)7-12/h3-5,7,10-11,16H,2,6,8-9H2,1H3. The smallest absolute Gasteiger partial charge is 0.0948 e. The van der Waals surface area contributed by atoms with Crippen molar-refractivity contribution in [3.63, 3.8) is 0 Å². The fourth-order valence-electron chi connectivity index (χ4n) is 1.92. The van der Waals surface area contributed by atoms with Crippen LogP contribution in [-0.4, -0.2) is 9.55 Å². The summed E-state index contributed by atoms with van der Waals surface area (Å²) in [6.45, 7) is 4.94. The predicted octanol–water partition coefficient (Wildman–Crippen LogP) is 3.35. The third-order valence-electron chi connectivity index (χ3n) is 2.79. The van der Waals surface area contributed by atoms with E-state index in [0.29, 0.717) is 0 Å². The van der Waals surface area contributed by atoms with E-state index in [0.717, 1.165) is 30.5 Å². The number of halogens is 1. The molecule has 0 aliphatic rings. The zero-order valence-electron chi connectivity index (χ0n) is 10.6. The lowest BCUT2D eigenvalue weighted by atomic mass is 10.2. The van der Waals surface area contributed by atoms with Crippen LogP contribution in [0.3, 0.4) is 0 Å². The average Bonchev–Trinajstić information content (AvgIpc) is 2.78. The highest BCUT2D eigenvalue weighted by atomic mass is 79.9. The quantitative estimate of drug-likeness (QED) is 0.887. The first kappa shape index (κ1) is 13.3. The van der Waals surface area contributed by atoms with Crippen molar-refractivity contribution in [3.8, 4) is 0 Å². The van der Waals surface area contributed by atoms with E-state index < -0.39 is 0 Å². The molecule has 0 spiro atoms. The Morgan fingerprint density at radius 2 is 2.22 bits per heavy atom. The van der Waals surface area contributed by atoms with E-state index >= 15 is 0 Å². The summed E-state index contributed by atoms with van der Waals surface area (Å²) in [5.74, 6) is 0. The number of nitrogens with zero attached hydrogens (tertiary/aromatic N) is 2. The molecule has 0 aliphatic carbocycles. The minimum atomic E-state index is 0.854. The highest BCUT2D eigenvalue weighted by molar-refractivity contribution is 9.10. The number of imidazole rings is 1. The van der Waals surface area contributed by atoms with Gasteiger partial charge in [-0.2, -0.15) is 0 Å². The Bertz CT molecular complexity index is 493. The van der Waals surface area contributed by atoms with Gasteiger partial charge in [0.1, 0.15) is 0 Å². The van der Waals surface area contributed by atoms with Gasteiger partial charge in [-0.25, -0.2) is 4.98 Å². The molecule has 4 heteroatoms. The van der Waals surface area contributed by atoms with Gasteiger partial charge >= 0.3 is 0 Å². The molecule has 2 aromatic rings. The maximum Gasteiger partial charge on any atom is 0.0948 e. The van der Waals surface area contributed by atoms with Crippen molar-refractivity contribution in [1.82, 2.24) is 14.9 Å². The predicted molar refractivity (Wildman–Crippen MR) is 77.2 cm³/mol. The fraction of sp³-hybridized carbons (Fsp3) is 0.357. The summed E-state index contributed by atoms with van der Waals surface area (Å²) in [6, 6.07) is 8.36. The number of nitrogens with one attached hydrogen (secondary N) is 1. The molecule has 2 rings (SSSR count). The van der Waals surface area contributed by atoms with Gasteiger partial charge < -0.3 is 9.88 Å². The van der Waals surface area contributed by atoms with Crippen molar-refractivity contribution in [2.75, 3.05) is 0 Å². The third-order valence-corrected chi connectivity index (χ3v) is 3.28. The van der Waals surface area contributed by atoms with E-state index in [1.54, 1.807) is 0 Å². The Balaban J connectivity index is 1.86. The lowest BCUT2D eigenvalue weighted by Gasteiger charge is -2.08. The first-order valence-electron chi connectivity index (χ1n) is 6.23. The zero-order valence-corrected chi connectivity index (χ0v) is 12.2. The summed E-state index contributed by atoms with van der Waals surface area (Å²) in [7, 11) is 0. The summed E-state index contributed by atoms with van der Waals surface area (Å²) in [5.41, 5.74) is 2.53. The maximum absolute atomic E-state index is 4.20. The zero-order chi connectivity index (χ0) is 12.8. The molecule has 0 unspecified atom stereocenters. The molecule has 1 heterocycles. The van der Waals surface area contributed by atoms with Crippen molar-refractivity contribution < 1.29 is 0 Å². The number of rotatable bonds is 6. The number of aryl methyl sites for hydroxylation is 1. The van der Waals surface area contributed by atoms with E-state index in [1.165, 1.54) is 11.3 Å². The van der Waals surface area contributed by atoms with Crippen molar-refractivity contribution >= 4 is 15.9 Å². The Hall–Kier alpha value is -1.13. The second kappa shape index (κ2) is 6.71. The average molecular weight is 308 g/mol. The van der Waals surface area contributed by atoms with E-state index in [9.17, 15) is 0 Å². The lowest BCUT2D eigenvalue weighted by Crippen LogP contribution is -2.15. The van der Waals surface area contributed by atoms with Gasteiger partial charge in [-0.3, -0.25) is 0 Å². The van der Waals surface area contributed by atoms with E-state index in [2.05, 4.69) is 55.9 Å². The molecule has 0 saturated heterocycles. The minimum Gasteiger partial charge on any atom is -0.333 e. The van der Waals surface area contributed by atoms with Crippen molar-refractivity contribution in [1.29, 1.82) is 0 Å². The first-order valence-corrected chi connectivity index (χ1v) is 7.03. The van der Waals surface area contributed by atoms with Crippen LogP contribution in [0.15, 0.2) is 41.3 Å². The molecule has 0 amide bonds. The van der Waals surface area contributed by atoms with Crippen LogP contribution in [0.4, 0.5) is 0 Å². The summed E-state index contributed by atoms with van der Waals surface area (Å²) < 4.78 is 3.33. The minimum absolute atomic E-state index is 0.854. The monoisotopic (exact) mass is 307 g/mol. The van der Waals surface area contributed by atoms with Crippen molar-refractivity contribution in [3.05, 3.63) is 52.5 Å². The van der Waals surface area contributed by atoms with Crippen LogP contribution < -0.4 is 5.32 Å². The van der Waals surface area contributed by atoms with Crippen LogP contribution in [0.2, 0.25) is 0 Å². The summed E-state index contributed by atoms with van der Waals surface area (Å²) in [4.78, 5) is 4.20. The van der Waals surface area contributed by atoms with Crippen molar-refractivity contribution in [2.45, 2.75) is 33.0 Å². The van der Waals surface area contributed by atoms with Crippen LogP contribution in [0.5, 0.6) is 0 Å². The van der Waals surface area contributed by atoms with Crippen LogP contribution >= 0.6 is 15.9 Å². The molecular weight excluding hydrogens is 290 g/mol. The fourth-order valence-corrected chi connectivity index (χ4v) is 2.37.